The van der Waals surface area contributed by atoms with Gasteiger partial charge in [0, 0.05) is 17.0 Å². The van der Waals surface area contributed by atoms with Crippen LogP contribution in [0.1, 0.15) is 40.2 Å². The highest BCUT2D eigenvalue weighted by Gasteiger charge is 2.67. The Kier molecular flexibility index (Phi) is 4.91. The van der Waals surface area contributed by atoms with E-state index >= 15 is 0 Å². The molecule has 2 amide bonds. The number of alkyl halides is 3. The van der Waals surface area contributed by atoms with E-state index in [0.717, 1.165) is 4.90 Å². The molecule has 1 N–H and O–H groups in total. The Morgan fingerprint density at radius 3 is 2.12 bits per heavy atom. The molecule has 0 spiro atoms. The van der Waals surface area contributed by atoms with Gasteiger partial charge in [-0.25, -0.2) is 4.99 Å². The summed E-state index contributed by atoms with van der Waals surface area (Å²) in [5.74, 6) is -2.33. The minimum Gasteiger partial charge on any atom is -0.316 e. The Balaban J connectivity index is 2.66. The normalized spacial score (nSPS) is 21.2. The molecular weight excluding hydrogens is 347 g/mol. The highest BCUT2D eigenvalue weighted by Crippen LogP contribution is 2.39. The number of amides is 2. The van der Waals surface area contributed by atoms with Gasteiger partial charge in [-0.05, 0) is 13.8 Å². The molecule has 1 heterocycles. The topological polar surface area (TPSA) is 61.8 Å². The van der Waals surface area contributed by atoms with Crippen LogP contribution in [0.3, 0.4) is 0 Å². The SMILES string of the molecule is CC(C)N1C(=O)C(NC(=O)C(C)(C)C)(C(F)(F)F)N=C1c1ccccc1. The summed E-state index contributed by atoms with van der Waals surface area (Å²) >= 11 is 0. The molecule has 2 rings (SSSR count). The minimum absolute atomic E-state index is 0.114. The van der Waals surface area contributed by atoms with Gasteiger partial charge < -0.3 is 5.32 Å². The van der Waals surface area contributed by atoms with Crippen LogP contribution in [0.2, 0.25) is 0 Å². The van der Waals surface area contributed by atoms with Crippen LogP contribution in [0.15, 0.2) is 35.3 Å². The smallest absolute Gasteiger partial charge is 0.316 e. The third-order valence-electron chi connectivity index (χ3n) is 3.96. The largest absolute Gasteiger partial charge is 0.442 e. The van der Waals surface area contributed by atoms with Gasteiger partial charge in [0.05, 0.1) is 0 Å². The Bertz CT molecular complexity index is 736. The van der Waals surface area contributed by atoms with Crippen molar-refractivity contribution in [2.75, 3.05) is 0 Å². The molecule has 1 aliphatic rings. The molecule has 0 aliphatic carbocycles. The van der Waals surface area contributed by atoms with Gasteiger partial charge in [-0.1, -0.05) is 51.1 Å². The molecule has 26 heavy (non-hydrogen) atoms. The van der Waals surface area contributed by atoms with E-state index in [4.69, 9.17) is 0 Å². The number of rotatable bonds is 3. The monoisotopic (exact) mass is 369 g/mol. The lowest BCUT2D eigenvalue weighted by atomic mass is 9.94. The maximum absolute atomic E-state index is 14.0. The molecule has 1 aliphatic heterocycles. The summed E-state index contributed by atoms with van der Waals surface area (Å²) in [4.78, 5) is 29.8. The van der Waals surface area contributed by atoms with Gasteiger partial charge in [-0.15, -0.1) is 0 Å². The fraction of sp³-hybridized carbons (Fsp3) is 0.500. The van der Waals surface area contributed by atoms with Gasteiger partial charge >= 0.3 is 11.8 Å². The van der Waals surface area contributed by atoms with E-state index in [-0.39, 0.29) is 5.84 Å². The number of nitrogens with zero attached hydrogens (tertiary/aromatic N) is 2. The molecular formula is C18H22F3N3O2. The van der Waals surface area contributed by atoms with Gasteiger partial charge in [-0.3, -0.25) is 14.5 Å². The summed E-state index contributed by atoms with van der Waals surface area (Å²) in [6, 6.07) is 7.56. The molecule has 1 aromatic rings. The van der Waals surface area contributed by atoms with Crippen molar-refractivity contribution in [1.29, 1.82) is 0 Å². The van der Waals surface area contributed by atoms with Crippen LogP contribution in [0.5, 0.6) is 0 Å². The quantitative estimate of drug-likeness (QED) is 0.890. The fourth-order valence-corrected chi connectivity index (χ4v) is 2.49. The summed E-state index contributed by atoms with van der Waals surface area (Å²) in [6.45, 7) is 7.58. The molecule has 1 atom stereocenters. The number of hydrogen-bond donors (Lipinski definition) is 1. The minimum atomic E-state index is -5.09. The van der Waals surface area contributed by atoms with Crippen molar-refractivity contribution < 1.29 is 22.8 Å². The van der Waals surface area contributed by atoms with Gasteiger partial charge in [0.15, 0.2) is 0 Å². The number of carbonyl (C=O) groups excluding carboxylic acids is 2. The lowest BCUT2D eigenvalue weighted by Gasteiger charge is -2.32. The third-order valence-corrected chi connectivity index (χ3v) is 3.96. The van der Waals surface area contributed by atoms with Crippen LogP contribution < -0.4 is 5.32 Å². The third kappa shape index (κ3) is 3.32. The molecule has 142 valence electrons. The van der Waals surface area contributed by atoms with Crippen molar-refractivity contribution in [3.8, 4) is 0 Å². The first kappa shape index (κ1) is 19.9. The van der Waals surface area contributed by atoms with Crippen LogP contribution in [0.25, 0.3) is 0 Å². The van der Waals surface area contributed by atoms with Crippen LogP contribution in [0, 0.1) is 5.41 Å². The molecule has 0 radical (unpaired) electrons. The number of benzene rings is 1. The Hall–Kier alpha value is -2.38. The Labute approximate surface area is 150 Å². The van der Waals surface area contributed by atoms with Crippen molar-refractivity contribution in [2.24, 2.45) is 10.4 Å². The van der Waals surface area contributed by atoms with Gasteiger partial charge in [0.2, 0.25) is 5.91 Å². The van der Waals surface area contributed by atoms with Crippen LogP contribution in [0.4, 0.5) is 13.2 Å². The van der Waals surface area contributed by atoms with Crippen molar-refractivity contribution >= 4 is 17.6 Å². The summed E-state index contributed by atoms with van der Waals surface area (Å²) in [5, 5.41) is 1.86. The number of halogens is 3. The lowest BCUT2D eigenvalue weighted by Crippen LogP contribution is -2.65. The van der Waals surface area contributed by atoms with Crippen molar-refractivity contribution in [3.63, 3.8) is 0 Å². The standard InChI is InChI=1S/C18H22F3N3O2/c1-11(2)24-13(12-9-7-6-8-10-12)22-17(15(24)26,18(19,20)21)23-14(25)16(3,4)5/h6-11H,1-5H3,(H,23,25). The molecule has 0 fully saturated rings. The van der Waals surface area contributed by atoms with E-state index in [0.29, 0.717) is 5.56 Å². The van der Waals surface area contributed by atoms with Crippen molar-refractivity contribution in [2.45, 2.75) is 52.5 Å². The maximum Gasteiger partial charge on any atom is 0.442 e. The van der Waals surface area contributed by atoms with Crippen LogP contribution >= 0.6 is 0 Å². The van der Waals surface area contributed by atoms with Crippen LogP contribution in [-0.4, -0.2) is 40.4 Å². The second-order valence-corrected chi connectivity index (χ2v) is 7.48. The first-order valence-electron chi connectivity index (χ1n) is 8.19. The predicted molar refractivity (Wildman–Crippen MR) is 91.3 cm³/mol. The molecule has 0 aromatic heterocycles. The van der Waals surface area contributed by atoms with E-state index in [1.165, 1.54) is 20.8 Å². The van der Waals surface area contributed by atoms with Crippen molar-refractivity contribution in [1.82, 2.24) is 10.2 Å². The second kappa shape index (κ2) is 6.41. The van der Waals surface area contributed by atoms with Gasteiger partial charge in [0.25, 0.3) is 5.91 Å². The second-order valence-electron chi connectivity index (χ2n) is 7.48. The molecule has 8 heteroatoms. The molecule has 0 saturated carbocycles. The van der Waals surface area contributed by atoms with E-state index in [9.17, 15) is 22.8 Å². The van der Waals surface area contributed by atoms with E-state index in [1.54, 1.807) is 44.2 Å². The Morgan fingerprint density at radius 2 is 1.69 bits per heavy atom. The van der Waals surface area contributed by atoms with E-state index in [2.05, 4.69) is 4.99 Å². The first-order valence-corrected chi connectivity index (χ1v) is 8.19. The highest BCUT2D eigenvalue weighted by molar-refractivity contribution is 6.16. The fourth-order valence-electron chi connectivity index (χ4n) is 2.49. The van der Waals surface area contributed by atoms with Gasteiger partial charge in [-0.2, -0.15) is 13.2 Å². The number of nitrogens with one attached hydrogen (secondary N) is 1. The van der Waals surface area contributed by atoms with E-state index < -0.39 is 35.1 Å². The summed E-state index contributed by atoms with van der Waals surface area (Å²) < 4.78 is 41.9. The molecule has 1 aromatic carbocycles. The average molecular weight is 369 g/mol. The average Bonchev–Trinajstić information content (AvgIpc) is 2.81. The first-order chi connectivity index (χ1) is 11.8. The molecule has 0 saturated heterocycles. The lowest BCUT2D eigenvalue weighted by molar-refractivity contribution is -0.201. The zero-order chi connectivity index (χ0) is 19.9. The van der Waals surface area contributed by atoms with Crippen LogP contribution in [-0.2, 0) is 9.59 Å². The molecule has 0 bridgehead atoms. The number of carbonyl (C=O) groups is 2. The zero-order valence-corrected chi connectivity index (χ0v) is 15.3. The van der Waals surface area contributed by atoms with Crippen molar-refractivity contribution in [3.05, 3.63) is 35.9 Å². The number of amidine groups is 1. The number of aliphatic imine (C=N–C) groups is 1. The number of hydrogen-bond acceptors (Lipinski definition) is 3. The maximum atomic E-state index is 14.0. The Morgan fingerprint density at radius 1 is 1.15 bits per heavy atom. The molecule has 1 unspecified atom stereocenters. The highest BCUT2D eigenvalue weighted by atomic mass is 19.4. The van der Waals surface area contributed by atoms with E-state index in [1.807, 2.05) is 5.32 Å². The summed E-state index contributed by atoms with van der Waals surface area (Å²) in [7, 11) is 0. The zero-order valence-electron chi connectivity index (χ0n) is 15.3. The summed E-state index contributed by atoms with van der Waals surface area (Å²) in [6.07, 6.45) is -5.09. The predicted octanol–water partition coefficient (Wildman–Crippen LogP) is 3.10. The summed E-state index contributed by atoms with van der Waals surface area (Å²) in [5.41, 5.74) is -4.08. The van der Waals surface area contributed by atoms with Gasteiger partial charge in [0.1, 0.15) is 5.84 Å². The molecule has 5 nitrogen and oxygen atoms in total.